The highest BCUT2D eigenvalue weighted by Crippen LogP contribution is 2.33. The van der Waals surface area contributed by atoms with E-state index in [4.69, 9.17) is 10.3 Å². The molecule has 1 fully saturated rings. The topological polar surface area (TPSA) is 177 Å². The zero-order valence-corrected chi connectivity index (χ0v) is 33.2. The van der Waals surface area contributed by atoms with Gasteiger partial charge in [0.2, 0.25) is 5.91 Å². The standard InChI is InChI=1S/C41H40FN9O5S2/c42-31-25-27(7-5-18-49-20-22-50(23-21-49)36(52)13-4-17-44-48-43)14-15-33(31)56-24-6-12-35-37(39(54)55)46-41(58-35)51-19-16-28-8-3-9-29(30(28)26-51)38(53)47-40-45-32-10-1-2-11-34(32)57-40/h1-3,8-11,14-15,25H,4,6,12-13,16-24,26H2,(H,54,55)(H,45,47,53). The van der Waals surface area contributed by atoms with Crippen LogP contribution in [0.3, 0.4) is 0 Å². The average Bonchev–Trinajstić information content (AvgIpc) is 3.86. The van der Waals surface area contributed by atoms with Gasteiger partial charge in [-0.05, 0) is 78.7 Å². The fourth-order valence-corrected chi connectivity index (χ4v) is 8.86. The van der Waals surface area contributed by atoms with Crippen LogP contribution in [0, 0.1) is 17.7 Å². The molecule has 17 heteroatoms. The highest BCUT2D eigenvalue weighted by Gasteiger charge is 2.27. The molecule has 0 spiro atoms. The number of ether oxygens (including phenoxy) is 1. The molecule has 1 saturated heterocycles. The molecule has 0 unspecified atom stereocenters. The lowest BCUT2D eigenvalue weighted by atomic mass is 9.94. The molecule has 0 radical (unpaired) electrons. The van der Waals surface area contributed by atoms with Gasteiger partial charge in [-0.3, -0.25) is 19.8 Å². The summed E-state index contributed by atoms with van der Waals surface area (Å²) in [7, 11) is 0. The third kappa shape index (κ3) is 9.90. The van der Waals surface area contributed by atoms with Crippen molar-refractivity contribution in [1.82, 2.24) is 19.8 Å². The summed E-state index contributed by atoms with van der Waals surface area (Å²) in [6.45, 7) is 4.58. The van der Waals surface area contributed by atoms with E-state index in [1.807, 2.05) is 46.2 Å². The van der Waals surface area contributed by atoms with Gasteiger partial charge in [-0.25, -0.2) is 19.2 Å². The quantitative estimate of drug-likeness (QED) is 0.0393. The number of anilines is 2. The Kier molecular flexibility index (Phi) is 13.1. The molecule has 298 valence electrons. The number of thiazole rings is 2. The van der Waals surface area contributed by atoms with E-state index in [1.54, 1.807) is 18.2 Å². The lowest BCUT2D eigenvalue weighted by Crippen LogP contribution is -2.48. The number of aromatic carboxylic acids is 1. The normalized spacial score (nSPS) is 13.9. The number of fused-ring (bicyclic) bond motifs is 2. The first-order valence-corrected chi connectivity index (χ1v) is 20.6. The molecule has 7 rings (SSSR count). The maximum atomic E-state index is 15.0. The third-order valence-electron chi connectivity index (χ3n) is 9.90. The second-order valence-corrected chi connectivity index (χ2v) is 15.8. The summed E-state index contributed by atoms with van der Waals surface area (Å²) in [6.07, 6.45) is 2.38. The number of carboxylic acid groups (broad SMARTS) is 1. The lowest BCUT2D eigenvalue weighted by molar-refractivity contribution is -0.132. The zero-order chi connectivity index (χ0) is 40.4. The van der Waals surface area contributed by atoms with Crippen LogP contribution in [0.15, 0.2) is 65.8 Å². The van der Waals surface area contributed by atoms with Gasteiger partial charge in [0, 0.05) is 73.1 Å². The van der Waals surface area contributed by atoms with E-state index in [0.717, 1.165) is 21.3 Å². The largest absolute Gasteiger partial charge is 0.491 e. The molecule has 0 saturated carbocycles. The third-order valence-corrected chi connectivity index (χ3v) is 12.0. The van der Waals surface area contributed by atoms with Gasteiger partial charge in [0.25, 0.3) is 5.91 Å². The number of para-hydroxylation sites is 1. The molecule has 58 heavy (non-hydrogen) atoms. The predicted octanol–water partition coefficient (Wildman–Crippen LogP) is 7.00. The number of hydrogen-bond donors (Lipinski definition) is 2. The van der Waals surface area contributed by atoms with Crippen molar-refractivity contribution in [2.24, 2.45) is 5.11 Å². The number of benzene rings is 3. The summed E-state index contributed by atoms with van der Waals surface area (Å²) in [5.41, 5.74) is 12.2. The van der Waals surface area contributed by atoms with Crippen molar-refractivity contribution in [3.05, 3.63) is 110 Å². The highest BCUT2D eigenvalue weighted by atomic mass is 32.1. The number of carbonyl (C=O) groups is 3. The molecule has 0 atom stereocenters. The number of amides is 2. The zero-order valence-electron chi connectivity index (χ0n) is 31.5. The Morgan fingerprint density at radius 3 is 2.66 bits per heavy atom. The van der Waals surface area contributed by atoms with Gasteiger partial charge in [0.1, 0.15) is 0 Å². The van der Waals surface area contributed by atoms with Gasteiger partial charge in [0.15, 0.2) is 27.5 Å². The monoisotopic (exact) mass is 821 g/mol. The second-order valence-electron chi connectivity index (χ2n) is 13.7. The average molecular weight is 822 g/mol. The first-order chi connectivity index (χ1) is 28.2. The van der Waals surface area contributed by atoms with Crippen molar-refractivity contribution in [3.8, 4) is 17.6 Å². The van der Waals surface area contributed by atoms with Crippen LogP contribution >= 0.6 is 22.7 Å². The minimum Gasteiger partial charge on any atom is -0.491 e. The molecule has 3 aromatic carbocycles. The molecule has 2 N–H and O–H groups in total. The van der Waals surface area contributed by atoms with E-state index < -0.39 is 11.8 Å². The molecule has 5 aromatic rings. The Morgan fingerprint density at radius 2 is 1.86 bits per heavy atom. The van der Waals surface area contributed by atoms with Crippen LogP contribution in [0.1, 0.15) is 61.7 Å². The number of rotatable bonds is 14. The van der Waals surface area contributed by atoms with Gasteiger partial charge in [-0.15, -0.1) is 11.3 Å². The van der Waals surface area contributed by atoms with Crippen LogP contribution in [-0.4, -0.2) is 95.1 Å². The number of aromatic nitrogens is 2. The van der Waals surface area contributed by atoms with Crippen molar-refractivity contribution in [1.29, 1.82) is 0 Å². The SMILES string of the molecule is [N-]=[N+]=NCCCC(=O)N1CCN(CC#Cc2ccc(OCCCc3sc(N4CCc5cccc(C(=O)Nc6nc7ccccc7s6)c5C4)nc3C(=O)O)c(F)c2)CC1. The van der Waals surface area contributed by atoms with E-state index in [-0.39, 0.29) is 29.9 Å². The number of piperazine rings is 1. The van der Waals surface area contributed by atoms with Crippen molar-refractivity contribution in [2.75, 3.05) is 62.6 Å². The van der Waals surface area contributed by atoms with Crippen LogP contribution in [0.2, 0.25) is 0 Å². The molecule has 0 bridgehead atoms. The smallest absolute Gasteiger partial charge is 0.355 e. The molecule has 4 heterocycles. The Hall–Kier alpha value is -6.05. The lowest BCUT2D eigenvalue weighted by Gasteiger charge is -2.33. The fourth-order valence-electron chi connectivity index (χ4n) is 6.88. The number of halogens is 1. The van der Waals surface area contributed by atoms with Gasteiger partial charge in [-0.2, -0.15) is 0 Å². The molecular formula is C41H40FN9O5S2. The number of nitrogens with zero attached hydrogens (tertiary/aromatic N) is 8. The molecular weight excluding hydrogens is 782 g/mol. The summed E-state index contributed by atoms with van der Waals surface area (Å²) in [6, 6.07) is 18.0. The molecule has 2 aromatic heterocycles. The molecule has 14 nitrogen and oxygen atoms in total. The van der Waals surface area contributed by atoms with Crippen molar-refractivity contribution < 1.29 is 28.6 Å². The predicted molar refractivity (Wildman–Crippen MR) is 221 cm³/mol. The first kappa shape index (κ1) is 40.2. The summed E-state index contributed by atoms with van der Waals surface area (Å²) in [4.78, 5) is 56.4. The minimum atomic E-state index is -1.12. The maximum absolute atomic E-state index is 15.0. The number of hydrogen-bond acceptors (Lipinski definition) is 11. The molecule has 0 aliphatic carbocycles. The van der Waals surface area contributed by atoms with Crippen LogP contribution < -0.4 is 15.0 Å². The summed E-state index contributed by atoms with van der Waals surface area (Å²) < 4.78 is 21.7. The van der Waals surface area contributed by atoms with Crippen LogP contribution in [0.25, 0.3) is 20.7 Å². The van der Waals surface area contributed by atoms with E-state index in [9.17, 15) is 23.9 Å². The summed E-state index contributed by atoms with van der Waals surface area (Å²) in [5.74, 6) is 4.32. The van der Waals surface area contributed by atoms with Crippen molar-refractivity contribution >= 4 is 60.9 Å². The van der Waals surface area contributed by atoms with E-state index in [1.165, 1.54) is 28.7 Å². The van der Waals surface area contributed by atoms with Gasteiger partial charge in [-0.1, -0.05) is 52.6 Å². The van der Waals surface area contributed by atoms with Gasteiger partial charge >= 0.3 is 5.97 Å². The molecule has 2 aliphatic heterocycles. The van der Waals surface area contributed by atoms with E-state index in [0.29, 0.717) is 111 Å². The number of azide groups is 1. The first-order valence-electron chi connectivity index (χ1n) is 18.9. The fraction of sp³-hybridized carbons (Fsp3) is 0.341. The van der Waals surface area contributed by atoms with Crippen molar-refractivity contribution in [3.63, 3.8) is 0 Å². The number of carbonyl (C=O) groups excluding carboxylic acids is 2. The summed E-state index contributed by atoms with van der Waals surface area (Å²) in [5, 5.41) is 17.5. The Labute approximate surface area is 341 Å². The van der Waals surface area contributed by atoms with Crippen LogP contribution in [-0.2, 0) is 24.2 Å². The van der Waals surface area contributed by atoms with Gasteiger partial charge in [0.05, 0.1) is 23.4 Å². The summed E-state index contributed by atoms with van der Waals surface area (Å²) >= 11 is 2.72. The molecule has 2 aliphatic rings. The Bertz CT molecular complexity index is 2400. The van der Waals surface area contributed by atoms with Crippen LogP contribution in [0.4, 0.5) is 14.7 Å². The number of carboxylic acids is 1. The Morgan fingerprint density at radius 1 is 1.02 bits per heavy atom. The maximum Gasteiger partial charge on any atom is 0.355 e. The molecule has 2 amide bonds. The minimum absolute atomic E-state index is 0.0176. The van der Waals surface area contributed by atoms with Crippen molar-refractivity contribution in [2.45, 2.75) is 38.6 Å². The Balaban J connectivity index is 0.896. The second kappa shape index (κ2) is 18.9. The number of nitrogens with one attached hydrogen (secondary N) is 1. The van der Waals surface area contributed by atoms with Gasteiger partial charge < -0.3 is 19.6 Å². The van der Waals surface area contributed by atoms with E-state index in [2.05, 4.69) is 42.1 Å². The number of aryl methyl sites for hydroxylation is 1. The van der Waals surface area contributed by atoms with E-state index >= 15 is 0 Å². The highest BCUT2D eigenvalue weighted by molar-refractivity contribution is 7.22. The van der Waals surface area contributed by atoms with Crippen LogP contribution in [0.5, 0.6) is 5.75 Å².